The molecule has 0 rings (SSSR count). The van der Waals surface area contributed by atoms with Crippen LogP contribution in [0.3, 0.4) is 0 Å². The number of hydrogen-bond donors (Lipinski definition) is 0. The number of esters is 1. The summed E-state index contributed by atoms with van der Waals surface area (Å²) in [4.78, 5) is 10.6. The van der Waals surface area contributed by atoms with Gasteiger partial charge in [0.15, 0.2) is 0 Å². The second-order valence-corrected chi connectivity index (χ2v) is 5.94. The summed E-state index contributed by atoms with van der Waals surface area (Å²) in [6.07, 6.45) is 19.0. The van der Waals surface area contributed by atoms with E-state index in [1.165, 1.54) is 90.4 Å². The first-order chi connectivity index (χ1) is 9.77. The molecule has 0 aromatic carbocycles. The third-order valence-electron chi connectivity index (χ3n) is 3.80. The van der Waals surface area contributed by atoms with Crippen LogP contribution >= 0.6 is 0 Å². The van der Waals surface area contributed by atoms with Crippen LogP contribution in [0.4, 0.5) is 0 Å². The minimum atomic E-state index is -0.153. The van der Waals surface area contributed by atoms with E-state index in [4.69, 9.17) is 4.74 Å². The molecule has 0 unspecified atom stereocenters. The molecule has 0 aliphatic heterocycles. The molecule has 0 aromatic heterocycles. The fourth-order valence-corrected chi connectivity index (χ4v) is 2.51. The summed E-state index contributed by atoms with van der Waals surface area (Å²) in [6.45, 7) is 4.35. The Bertz CT molecular complexity index is 207. The van der Waals surface area contributed by atoms with E-state index in [9.17, 15) is 4.79 Å². The Morgan fingerprint density at radius 3 is 1.33 bits per heavy atom. The van der Waals surface area contributed by atoms with Gasteiger partial charge < -0.3 is 4.74 Å². The Hall–Kier alpha value is 1.11. The molecule has 0 spiro atoms. The molecular formula is C18H37KO2. The Morgan fingerprint density at radius 1 is 0.667 bits per heavy atom. The van der Waals surface area contributed by atoms with Crippen LogP contribution in [0.15, 0.2) is 0 Å². The molecule has 0 saturated heterocycles. The molecule has 0 N–H and O–H groups in total. The van der Waals surface area contributed by atoms with Gasteiger partial charge in [-0.2, -0.15) is 0 Å². The van der Waals surface area contributed by atoms with Crippen LogP contribution in [0, 0.1) is 0 Å². The fourth-order valence-electron chi connectivity index (χ4n) is 2.51. The van der Waals surface area contributed by atoms with Crippen molar-refractivity contribution in [3.8, 4) is 0 Å². The molecule has 21 heavy (non-hydrogen) atoms. The van der Waals surface area contributed by atoms with Crippen LogP contribution in [0.1, 0.15) is 104 Å². The molecule has 0 aliphatic carbocycles. The molecule has 0 aliphatic rings. The van der Waals surface area contributed by atoms with Gasteiger partial charge in [-0.25, -0.2) is 0 Å². The summed E-state index contributed by atoms with van der Waals surface area (Å²) in [7, 11) is 0. The predicted molar refractivity (Wildman–Crippen MR) is 94.1 cm³/mol. The van der Waals surface area contributed by atoms with E-state index in [-0.39, 0.29) is 57.4 Å². The molecule has 0 atom stereocenters. The Labute approximate surface area is 175 Å². The van der Waals surface area contributed by atoms with Crippen molar-refractivity contribution in [1.29, 1.82) is 0 Å². The molecule has 0 saturated carbocycles. The van der Waals surface area contributed by atoms with E-state index in [0.29, 0.717) is 6.61 Å². The Balaban J connectivity index is 0. The molecule has 0 radical (unpaired) electrons. The van der Waals surface area contributed by atoms with E-state index < -0.39 is 0 Å². The molecule has 122 valence electrons. The van der Waals surface area contributed by atoms with Crippen LogP contribution in [0.5, 0.6) is 0 Å². The topological polar surface area (TPSA) is 26.3 Å². The summed E-state index contributed by atoms with van der Waals surface area (Å²) < 4.78 is 4.91. The zero-order valence-corrected chi connectivity index (χ0v) is 13.9. The van der Waals surface area contributed by atoms with Crippen molar-refractivity contribution in [2.75, 3.05) is 6.61 Å². The zero-order chi connectivity index (χ0) is 14.9. The van der Waals surface area contributed by atoms with Crippen molar-refractivity contribution >= 4 is 57.4 Å². The molecule has 3 heteroatoms. The van der Waals surface area contributed by atoms with Crippen LogP contribution < -0.4 is 0 Å². The molecule has 0 heterocycles. The van der Waals surface area contributed by atoms with Crippen molar-refractivity contribution < 1.29 is 9.53 Å². The van der Waals surface area contributed by atoms with Crippen LogP contribution in [0.2, 0.25) is 0 Å². The predicted octanol–water partition coefficient (Wildman–Crippen LogP) is 5.38. The molecule has 0 amide bonds. The van der Waals surface area contributed by atoms with Gasteiger partial charge >= 0.3 is 57.4 Å². The quantitative estimate of drug-likeness (QED) is 0.229. The van der Waals surface area contributed by atoms with E-state index in [1.54, 1.807) is 0 Å². The van der Waals surface area contributed by atoms with Crippen LogP contribution in [0.25, 0.3) is 0 Å². The van der Waals surface area contributed by atoms with Gasteiger partial charge in [0.1, 0.15) is 0 Å². The third-order valence-corrected chi connectivity index (χ3v) is 3.80. The number of rotatable bonds is 15. The summed E-state index contributed by atoms with van der Waals surface area (Å²) >= 11 is 0. The van der Waals surface area contributed by atoms with Crippen molar-refractivity contribution in [3.05, 3.63) is 0 Å². The average Bonchev–Trinajstić information content (AvgIpc) is 2.43. The standard InChI is InChI=1S/C18H36O2.K.H/c1-3-4-5-6-7-8-9-10-11-12-13-14-15-16-17-20-18(2)19;;/h3-17H2,1-2H3;;. The number of unbranched alkanes of at least 4 members (excludes halogenated alkanes) is 13. The first kappa shape index (κ1) is 24.4. The van der Waals surface area contributed by atoms with Gasteiger partial charge in [0.25, 0.3) is 0 Å². The average molecular weight is 325 g/mol. The van der Waals surface area contributed by atoms with E-state index in [2.05, 4.69) is 6.92 Å². The van der Waals surface area contributed by atoms with Crippen LogP contribution in [-0.2, 0) is 9.53 Å². The maximum absolute atomic E-state index is 10.6. The normalized spacial score (nSPS) is 10.2. The molecule has 0 bridgehead atoms. The molecular weight excluding hydrogens is 287 g/mol. The monoisotopic (exact) mass is 324 g/mol. The van der Waals surface area contributed by atoms with Gasteiger partial charge in [-0.1, -0.05) is 90.4 Å². The molecule has 0 fully saturated rings. The van der Waals surface area contributed by atoms with E-state index >= 15 is 0 Å². The van der Waals surface area contributed by atoms with Gasteiger partial charge in [0, 0.05) is 6.92 Å². The summed E-state index contributed by atoms with van der Waals surface area (Å²) in [5.74, 6) is -0.153. The van der Waals surface area contributed by atoms with Gasteiger partial charge in [-0.05, 0) is 6.42 Å². The minimum absolute atomic E-state index is 0. The van der Waals surface area contributed by atoms with Gasteiger partial charge in [-0.15, -0.1) is 0 Å². The first-order valence-electron chi connectivity index (χ1n) is 8.90. The van der Waals surface area contributed by atoms with Crippen molar-refractivity contribution in [3.63, 3.8) is 0 Å². The van der Waals surface area contributed by atoms with E-state index in [0.717, 1.165) is 6.42 Å². The Morgan fingerprint density at radius 2 is 1.00 bits per heavy atom. The van der Waals surface area contributed by atoms with Gasteiger partial charge in [-0.3, -0.25) is 4.79 Å². The zero-order valence-electron chi connectivity index (χ0n) is 13.9. The molecule has 0 aromatic rings. The maximum atomic E-state index is 10.6. The number of carbonyl (C=O) groups is 1. The number of hydrogen-bond acceptors (Lipinski definition) is 2. The Kier molecular flexibility index (Phi) is 24.5. The third kappa shape index (κ3) is 23.5. The van der Waals surface area contributed by atoms with Crippen molar-refractivity contribution in [2.45, 2.75) is 104 Å². The summed E-state index contributed by atoms with van der Waals surface area (Å²) in [6, 6.07) is 0. The first-order valence-corrected chi connectivity index (χ1v) is 8.90. The summed E-state index contributed by atoms with van der Waals surface area (Å²) in [5.41, 5.74) is 0. The number of carbonyl (C=O) groups excluding carboxylic acids is 1. The van der Waals surface area contributed by atoms with Gasteiger partial charge in [0.2, 0.25) is 0 Å². The fraction of sp³-hybridized carbons (Fsp3) is 0.944. The summed E-state index contributed by atoms with van der Waals surface area (Å²) in [5, 5.41) is 0. The number of ether oxygens (including phenoxy) is 1. The van der Waals surface area contributed by atoms with Crippen LogP contribution in [-0.4, -0.2) is 64.0 Å². The SMILES string of the molecule is CCCCCCCCCCCCCCCCOC(C)=O.[KH]. The van der Waals surface area contributed by atoms with Crippen molar-refractivity contribution in [1.82, 2.24) is 0 Å². The van der Waals surface area contributed by atoms with E-state index in [1.807, 2.05) is 0 Å². The second-order valence-electron chi connectivity index (χ2n) is 5.94. The molecule has 2 nitrogen and oxygen atoms in total. The van der Waals surface area contributed by atoms with Gasteiger partial charge in [0.05, 0.1) is 6.61 Å². The second kappa shape index (κ2) is 21.1. The van der Waals surface area contributed by atoms with Crippen molar-refractivity contribution in [2.24, 2.45) is 0 Å².